The van der Waals surface area contributed by atoms with Gasteiger partial charge in [0.15, 0.2) is 0 Å². The first-order valence-electron chi connectivity index (χ1n) is 4.28. The Kier molecular flexibility index (Phi) is 4.07. The van der Waals surface area contributed by atoms with E-state index in [9.17, 15) is 8.42 Å². The van der Waals surface area contributed by atoms with Gasteiger partial charge in [-0.2, -0.15) is 0 Å². The maximum atomic E-state index is 11.0. The van der Waals surface area contributed by atoms with Crippen molar-refractivity contribution in [2.45, 2.75) is 4.90 Å². The number of ether oxygens (including phenoxy) is 2. The van der Waals surface area contributed by atoms with Gasteiger partial charge in [0.25, 0.3) is 0 Å². The maximum Gasteiger partial charge on any atom is 0.238 e. The minimum absolute atomic E-state index is 0.0393. The zero-order chi connectivity index (χ0) is 11.3. The average molecular weight is 231 g/mol. The van der Waals surface area contributed by atoms with E-state index in [-0.39, 0.29) is 4.90 Å². The third-order valence-corrected chi connectivity index (χ3v) is 2.60. The van der Waals surface area contributed by atoms with Crippen molar-refractivity contribution in [2.75, 3.05) is 20.3 Å². The van der Waals surface area contributed by atoms with Crippen LogP contribution in [-0.2, 0) is 14.8 Å². The van der Waals surface area contributed by atoms with Crippen molar-refractivity contribution in [1.29, 1.82) is 0 Å². The quantitative estimate of drug-likeness (QED) is 0.742. The fourth-order valence-electron chi connectivity index (χ4n) is 0.984. The van der Waals surface area contributed by atoms with Crippen LogP contribution in [0.3, 0.4) is 0 Å². The van der Waals surface area contributed by atoms with Gasteiger partial charge in [-0.15, -0.1) is 0 Å². The van der Waals surface area contributed by atoms with Gasteiger partial charge in [0.2, 0.25) is 10.0 Å². The molecule has 1 rings (SSSR count). The minimum atomic E-state index is -3.67. The molecule has 6 heteroatoms. The summed E-state index contributed by atoms with van der Waals surface area (Å²) < 4.78 is 32.1. The first kappa shape index (κ1) is 12.0. The molecule has 1 aromatic carbocycles. The molecule has 1 aromatic rings. The van der Waals surface area contributed by atoms with Crippen LogP contribution in [0, 0.1) is 0 Å². The second kappa shape index (κ2) is 5.11. The number of rotatable bonds is 5. The zero-order valence-corrected chi connectivity index (χ0v) is 9.16. The molecule has 0 spiro atoms. The van der Waals surface area contributed by atoms with Crippen molar-refractivity contribution in [3.8, 4) is 5.75 Å². The molecule has 15 heavy (non-hydrogen) atoms. The highest BCUT2D eigenvalue weighted by molar-refractivity contribution is 7.89. The molecule has 0 saturated heterocycles. The van der Waals surface area contributed by atoms with Gasteiger partial charge in [0, 0.05) is 13.2 Å². The van der Waals surface area contributed by atoms with Crippen molar-refractivity contribution in [1.82, 2.24) is 0 Å². The monoisotopic (exact) mass is 231 g/mol. The lowest BCUT2D eigenvalue weighted by Gasteiger charge is -2.06. The molecule has 2 N–H and O–H groups in total. The number of methoxy groups -OCH3 is 1. The van der Waals surface area contributed by atoms with Crippen LogP contribution >= 0.6 is 0 Å². The van der Waals surface area contributed by atoms with Crippen molar-refractivity contribution in [3.63, 3.8) is 0 Å². The van der Waals surface area contributed by atoms with Crippen LogP contribution in [0.1, 0.15) is 0 Å². The first-order valence-corrected chi connectivity index (χ1v) is 5.83. The number of sulfonamides is 1. The van der Waals surface area contributed by atoms with Crippen LogP contribution < -0.4 is 9.88 Å². The Hall–Kier alpha value is -1.11. The Labute approximate surface area is 88.9 Å². The molecule has 0 radical (unpaired) electrons. The highest BCUT2D eigenvalue weighted by Gasteiger charge is 2.07. The lowest BCUT2D eigenvalue weighted by molar-refractivity contribution is 0.146. The number of nitrogens with two attached hydrogens (primary N) is 1. The molecule has 0 aliphatic rings. The predicted octanol–water partition coefficient (Wildman–Crippen LogP) is 0.359. The molecule has 0 fully saturated rings. The molecule has 0 saturated carbocycles. The van der Waals surface area contributed by atoms with Gasteiger partial charge >= 0.3 is 0 Å². The summed E-state index contributed by atoms with van der Waals surface area (Å²) in [7, 11) is -2.11. The van der Waals surface area contributed by atoms with Gasteiger partial charge in [-0.25, -0.2) is 13.6 Å². The summed E-state index contributed by atoms with van der Waals surface area (Å²) in [6.07, 6.45) is 0. The summed E-state index contributed by atoms with van der Waals surface area (Å²) >= 11 is 0. The SMILES string of the molecule is COCCOc1cccc(S(N)(=O)=O)c1. The summed E-state index contributed by atoms with van der Waals surface area (Å²) in [5, 5.41) is 4.97. The Morgan fingerprint density at radius 1 is 1.33 bits per heavy atom. The summed E-state index contributed by atoms with van der Waals surface area (Å²) in [5.41, 5.74) is 0. The normalized spacial score (nSPS) is 11.3. The average Bonchev–Trinajstić information content (AvgIpc) is 2.17. The van der Waals surface area contributed by atoms with Crippen molar-refractivity contribution >= 4 is 10.0 Å². The number of hydrogen-bond donors (Lipinski definition) is 1. The molecule has 0 aliphatic heterocycles. The molecule has 0 unspecified atom stereocenters. The van der Waals surface area contributed by atoms with Crippen LogP contribution in [0.4, 0.5) is 0 Å². The standard InChI is InChI=1S/C9H13NO4S/c1-13-5-6-14-8-3-2-4-9(7-8)15(10,11)12/h2-4,7H,5-6H2,1H3,(H2,10,11,12). The highest BCUT2D eigenvalue weighted by atomic mass is 32.2. The van der Waals surface area contributed by atoms with E-state index >= 15 is 0 Å². The summed E-state index contributed by atoms with van der Waals surface area (Å²) in [6.45, 7) is 0.810. The van der Waals surface area contributed by atoms with E-state index in [4.69, 9.17) is 14.6 Å². The van der Waals surface area contributed by atoms with Crippen LogP contribution in [-0.4, -0.2) is 28.7 Å². The summed E-state index contributed by atoms with van der Waals surface area (Å²) in [6, 6.07) is 6.02. The van der Waals surface area contributed by atoms with Crippen molar-refractivity contribution < 1.29 is 17.9 Å². The molecular formula is C9H13NO4S. The first-order chi connectivity index (χ1) is 7.04. The van der Waals surface area contributed by atoms with Gasteiger partial charge in [-0.3, -0.25) is 0 Å². The van der Waals surface area contributed by atoms with E-state index in [1.165, 1.54) is 12.1 Å². The third-order valence-electron chi connectivity index (χ3n) is 1.69. The van der Waals surface area contributed by atoms with E-state index in [1.807, 2.05) is 0 Å². The largest absolute Gasteiger partial charge is 0.491 e. The Morgan fingerprint density at radius 3 is 2.67 bits per heavy atom. The van der Waals surface area contributed by atoms with Gasteiger partial charge < -0.3 is 9.47 Å². The molecular weight excluding hydrogens is 218 g/mol. The second-order valence-electron chi connectivity index (χ2n) is 2.86. The molecule has 0 bridgehead atoms. The smallest absolute Gasteiger partial charge is 0.238 e. The second-order valence-corrected chi connectivity index (χ2v) is 4.42. The Bertz CT molecular complexity index is 416. The topological polar surface area (TPSA) is 78.6 Å². The molecule has 0 amide bonds. The van der Waals surface area contributed by atoms with Crippen LogP contribution in [0.25, 0.3) is 0 Å². The fourth-order valence-corrected chi connectivity index (χ4v) is 1.53. The third kappa shape index (κ3) is 3.86. The van der Waals surface area contributed by atoms with Gasteiger partial charge in [-0.05, 0) is 12.1 Å². The summed E-state index contributed by atoms with van der Waals surface area (Å²) in [5.74, 6) is 0.457. The molecule has 5 nitrogen and oxygen atoms in total. The van der Waals surface area contributed by atoms with E-state index < -0.39 is 10.0 Å². The van der Waals surface area contributed by atoms with E-state index in [0.29, 0.717) is 19.0 Å². The molecule has 0 heterocycles. The summed E-state index contributed by atoms with van der Waals surface area (Å²) in [4.78, 5) is 0.0393. The van der Waals surface area contributed by atoms with Crippen molar-refractivity contribution in [3.05, 3.63) is 24.3 Å². The molecule has 84 valence electrons. The zero-order valence-electron chi connectivity index (χ0n) is 8.34. The van der Waals surface area contributed by atoms with Crippen LogP contribution in [0.15, 0.2) is 29.2 Å². The van der Waals surface area contributed by atoms with E-state index in [1.54, 1.807) is 19.2 Å². The lowest BCUT2D eigenvalue weighted by Crippen LogP contribution is -2.12. The van der Waals surface area contributed by atoms with Gasteiger partial charge in [0.05, 0.1) is 11.5 Å². The van der Waals surface area contributed by atoms with Gasteiger partial charge in [-0.1, -0.05) is 6.07 Å². The predicted molar refractivity (Wildman–Crippen MR) is 55.2 cm³/mol. The highest BCUT2D eigenvalue weighted by Crippen LogP contribution is 2.15. The fraction of sp³-hybridized carbons (Fsp3) is 0.333. The van der Waals surface area contributed by atoms with Crippen molar-refractivity contribution in [2.24, 2.45) is 5.14 Å². The molecule has 0 aromatic heterocycles. The lowest BCUT2D eigenvalue weighted by atomic mass is 10.3. The molecule has 0 aliphatic carbocycles. The number of hydrogen-bond acceptors (Lipinski definition) is 4. The van der Waals surface area contributed by atoms with Crippen LogP contribution in [0.2, 0.25) is 0 Å². The minimum Gasteiger partial charge on any atom is -0.491 e. The van der Waals surface area contributed by atoms with E-state index in [0.717, 1.165) is 0 Å². The number of primary sulfonamides is 1. The molecule has 0 atom stereocenters. The Morgan fingerprint density at radius 2 is 2.07 bits per heavy atom. The Balaban J connectivity index is 2.75. The van der Waals surface area contributed by atoms with Crippen LogP contribution in [0.5, 0.6) is 5.75 Å². The van der Waals surface area contributed by atoms with E-state index in [2.05, 4.69) is 0 Å². The number of benzene rings is 1. The van der Waals surface area contributed by atoms with Gasteiger partial charge in [0.1, 0.15) is 12.4 Å². The maximum absolute atomic E-state index is 11.0.